The van der Waals surface area contributed by atoms with Crippen molar-refractivity contribution in [2.75, 3.05) is 24.6 Å². The minimum Gasteiger partial charge on any atom is -0.491 e. The van der Waals surface area contributed by atoms with Crippen LogP contribution < -0.4 is 15.4 Å². The molecule has 0 amide bonds. The number of nitrogens with two attached hydrogens (primary N) is 1. The highest BCUT2D eigenvalue weighted by atomic mass is 16.5. The number of hydrogen-bond acceptors (Lipinski definition) is 3. The maximum absolute atomic E-state index is 6.48. The van der Waals surface area contributed by atoms with Crippen molar-refractivity contribution in [2.24, 2.45) is 5.73 Å². The molecule has 1 aliphatic heterocycles. The number of para-hydroxylation sites is 2. The zero-order valence-corrected chi connectivity index (χ0v) is 11.6. The van der Waals surface area contributed by atoms with Crippen molar-refractivity contribution in [2.45, 2.75) is 44.1 Å². The molecule has 1 saturated carbocycles. The van der Waals surface area contributed by atoms with E-state index < -0.39 is 0 Å². The van der Waals surface area contributed by atoms with Crippen LogP contribution in [0.15, 0.2) is 24.3 Å². The van der Waals surface area contributed by atoms with Crippen LogP contribution in [-0.2, 0) is 0 Å². The molecule has 0 unspecified atom stereocenters. The highest BCUT2D eigenvalue weighted by Gasteiger charge is 2.30. The highest BCUT2D eigenvalue weighted by molar-refractivity contribution is 5.58. The number of nitrogens with zero attached hydrogens (tertiary/aromatic N) is 1. The van der Waals surface area contributed by atoms with Crippen molar-refractivity contribution in [3.05, 3.63) is 24.3 Å². The van der Waals surface area contributed by atoms with Gasteiger partial charge in [-0.05, 0) is 37.8 Å². The molecule has 0 bridgehead atoms. The first kappa shape index (κ1) is 12.8. The number of hydrogen-bond donors (Lipinski definition) is 1. The van der Waals surface area contributed by atoms with E-state index in [4.69, 9.17) is 10.5 Å². The first-order chi connectivity index (χ1) is 9.27. The fourth-order valence-corrected chi connectivity index (χ4v) is 3.32. The summed E-state index contributed by atoms with van der Waals surface area (Å²) < 4.78 is 5.80. The molecule has 0 atom stereocenters. The Morgan fingerprint density at radius 2 is 1.95 bits per heavy atom. The zero-order chi connectivity index (χ0) is 13.1. The number of ether oxygens (including phenoxy) is 1. The monoisotopic (exact) mass is 260 g/mol. The first-order valence-corrected chi connectivity index (χ1v) is 7.53. The van der Waals surface area contributed by atoms with E-state index >= 15 is 0 Å². The van der Waals surface area contributed by atoms with Gasteiger partial charge in [0.05, 0.1) is 12.3 Å². The van der Waals surface area contributed by atoms with E-state index in [9.17, 15) is 0 Å². The van der Waals surface area contributed by atoms with Crippen molar-refractivity contribution >= 4 is 5.69 Å². The lowest BCUT2D eigenvalue weighted by Crippen LogP contribution is -2.40. The summed E-state index contributed by atoms with van der Waals surface area (Å²) in [4.78, 5) is 2.45. The highest BCUT2D eigenvalue weighted by Crippen LogP contribution is 2.34. The molecule has 0 radical (unpaired) electrons. The van der Waals surface area contributed by atoms with Crippen LogP contribution in [0, 0.1) is 0 Å². The van der Waals surface area contributed by atoms with E-state index in [0.717, 1.165) is 38.3 Å². The van der Waals surface area contributed by atoms with E-state index in [-0.39, 0.29) is 5.54 Å². The van der Waals surface area contributed by atoms with Gasteiger partial charge in [0.15, 0.2) is 0 Å². The van der Waals surface area contributed by atoms with Crippen LogP contribution >= 0.6 is 0 Å². The standard InChI is InChI=1S/C16H24N2O/c17-16(8-3-4-9-16)10-12-18-11-5-13-19-15-7-2-1-6-14(15)18/h1-2,6-7H,3-5,8-13,17H2. The topological polar surface area (TPSA) is 38.5 Å². The first-order valence-electron chi connectivity index (χ1n) is 7.53. The van der Waals surface area contributed by atoms with Gasteiger partial charge >= 0.3 is 0 Å². The number of rotatable bonds is 3. The Kier molecular flexibility index (Phi) is 3.65. The molecular weight excluding hydrogens is 236 g/mol. The number of benzene rings is 1. The lowest BCUT2D eigenvalue weighted by molar-refractivity contribution is 0.322. The fraction of sp³-hybridized carbons (Fsp3) is 0.625. The van der Waals surface area contributed by atoms with Crippen LogP contribution in [0.3, 0.4) is 0 Å². The van der Waals surface area contributed by atoms with Crippen LogP contribution in [0.2, 0.25) is 0 Å². The third-order valence-corrected chi connectivity index (χ3v) is 4.51. The van der Waals surface area contributed by atoms with E-state index in [0.29, 0.717) is 0 Å². The van der Waals surface area contributed by atoms with Crippen LogP contribution in [0.25, 0.3) is 0 Å². The van der Waals surface area contributed by atoms with E-state index in [1.165, 1.54) is 31.4 Å². The lowest BCUT2D eigenvalue weighted by atomic mass is 9.94. The van der Waals surface area contributed by atoms with Crippen LogP contribution in [0.1, 0.15) is 38.5 Å². The van der Waals surface area contributed by atoms with Gasteiger partial charge in [-0.1, -0.05) is 25.0 Å². The third-order valence-electron chi connectivity index (χ3n) is 4.51. The van der Waals surface area contributed by atoms with Gasteiger partial charge in [-0.25, -0.2) is 0 Å². The second-order valence-corrected chi connectivity index (χ2v) is 5.98. The largest absolute Gasteiger partial charge is 0.491 e. The lowest BCUT2D eigenvalue weighted by Gasteiger charge is -2.30. The number of anilines is 1. The summed E-state index contributed by atoms with van der Waals surface area (Å²) in [7, 11) is 0. The molecule has 0 spiro atoms. The predicted octanol–water partition coefficient (Wildman–Crippen LogP) is 2.94. The van der Waals surface area contributed by atoms with Crippen molar-refractivity contribution in [1.29, 1.82) is 0 Å². The molecule has 3 nitrogen and oxygen atoms in total. The van der Waals surface area contributed by atoms with E-state index in [2.05, 4.69) is 23.1 Å². The molecule has 104 valence electrons. The maximum Gasteiger partial charge on any atom is 0.142 e. The predicted molar refractivity (Wildman–Crippen MR) is 78.8 cm³/mol. The van der Waals surface area contributed by atoms with Gasteiger partial charge in [0.25, 0.3) is 0 Å². The van der Waals surface area contributed by atoms with Gasteiger partial charge in [0.2, 0.25) is 0 Å². The smallest absolute Gasteiger partial charge is 0.142 e. The van der Waals surface area contributed by atoms with E-state index in [1.807, 2.05) is 6.07 Å². The minimum atomic E-state index is 0.0854. The van der Waals surface area contributed by atoms with Crippen molar-refractivity contribution in [1.82, 2.24) is 0 Å². The quantitative estimate of drug-likeness (QED) is 0.908. The van der Waals surface area contributed by atoms with Gasteiger partial charge in [0.1, 0.15) is 5.75 Å². The Morgan fingerprint density at radius 1 is 1.16 bits per heavy atom. The molecule has 2 N–H and O–H groups in total. The van der Waals surface area contributed by atoms with Gasteiger partial charge in [-0.2, -0.15) is 0 Å². The molecular formula is C16H24N2O. The summed E-state index contributed by atoms with van der Waals surface area (Å²) in [5.74, 6) is 1.03. The summed E-state index contributed by atoms with van der Waals surface area (Å²) in [6, 6.07) is 8.37. The second-order valence-electron chi connectivity index (χ2n) is 5.98. The van der Waals surface area contributed by atoms with Crippen LogP contribution in [0.5, 0.6) is 5.75 Å². The molecule has 1 aromatic rings. The Morgan fingerprint density at radius 3 is 2.79 bits per heavy atom. The van der Waals surface area contributed by atoms with Gasteiger partial charge in [-0.15, -0.1) is 0 Å². The summed E-state index contributed by atoms with van der Waals surface area (Å²) in [6.45, 7) is 2.95. The summed E-state index contributed by atoms with van der Waals surface area (Å²) >= 11 is 0. The Balaban J connectivity index is 1.70. The Labute approximate surface area is 115 Å². The molecule has 1 heterocycles. The Hall–Kier alpha value is -1.22. The average Bonchev–Trinajstić information content (AvgIpc) is 2.75. The molecule has 3 rings (SSSR count). The molecule has 1 aromatic carbocycles. The molecule has 1 aliphatic carbocycles. The summed E-state index contributed by atoms with van der Waals surface area (Å²) in [6.07, 6.45) is 7.18. The molecule has 19 heavy (non-hydrogen) atoms. The number of fused-ring (bicyclic) bond motifs is 1. The Bertz CT molecular complexity index is 427. The van der Waals surface area contributed by atoms with Crippen LogP contribution in [0.4, 0.5) is 5.69 Å². The normalized spacial score (nSPS) is 21.6. The van der Waals surface area contributed by atoms with E-state index in [1.54, 1.807) is 0 Å². The minimum absolute atomic E-state index is 0.0854. The second kappa shape index (κ2) is 5.41. The summed E-state index contributed by atoms with van der Waals surface area (Å²) in [5.41, 5.74) is 7.80. The molecule has 3 heteroatoms. The molecule has 0 aromatic heterocycles. The average molecular weight is 260 g/mol. The van der Waals surface area contributed by atoms with Gasteiger partial charge < -0.3 is 15.4 Å². The van der Waals surface area contributed by atoms with Crippen molar-refractivity contribution in [3.63, 3.8) is 0 Å². The molecule has 1 fully saturated rings. The van der Waals surface area contributed by atoms with Crippen LogP contribution in [-0.4, -0.2) is 25.2 Å². The summed E-state index contributed by atoms with van der Waals surface area (Å²) in [5, 5.41) is 0. The van der Waals surface area contributed by atoms with Crippen molar-refractivity contribution < 1.29 is 4.74 Å². The molecule has 0 saturated heterocycles. The maximum atomic E-state index is 6.48. The van der Waals surface area contributed by atoms with Gasteiger partial charge in [-0.3, -0.25) is 0 Å². The molecule has 2 aliphatic rings. The fourth-order valence-electron chi connectivity index (χ4n) is 3.32. The third kappa shape index (κ3) is 2.86. The zero-order valence-electron chi connectivity index (χ0n) is 11.6. The van der Waals surface area contributed by atoms with Gasteiger partial charge in [0, 0.05) is 18.6 Å². The SMILES string of the molecule is NC1(CCN2CCCOc3ccccc32)CCCC1. The van der Waals surface area contributed by atoms with Crippen molar-refractivity contribution in [3.8, 4) is 5.75 Å².